The predicted octanol–water partition coefficient (Wildman–Crippen LogP) is 3.48. The molecular formula is C17H16ClFN4O. The standard InChI is InChI=1S/C17H16ClFN4O/c1-10-9-20-6-7-23(10)17-22-13-8-11(18)15(19)14(16(13)24-17)12-4-2-3-5-21-12/h2-5,8,10,20H,6-7,9H2,1H3. The van der Waals surface area contributed by atoms with E-state index < -0.39 is 5.82 Å². The average Bonchev–Trinajstić information content (AvgIpc) is 3.00. The van der Waals surface area contributed by atoms with Crippen molar-refractivity contribution in [2.75, 3.05) is 24.5 Å². The lowest BCUT2D eigenvalue weighted by molar-refractivity contribution is 0.456. The second kappa shape index (κ2) is 6.03. The highest BCUT2D eigenvalue weighted by Gasteiger charge is 2.26. The van der Waals surface area contributed by atoms with E-state index in [4.69, 9.17) is 16.0 Å². The van der Waals surface area contributed by atoms with Gasteiger partial charge < -0.3 is 14.6 Å². The minimum absolute atomic E-state index is 0.0105. The summed E-state index contributed by atoms with van der Waals surface area (Å²) in [5.41, 5.74) is 1.62. The highest BCUT2D eigenvalue weighted by molar-refractivity contribution is 6.32. The van der Waals surface area contributed by atoms with Gasteiger partial charge in [0.25, 0.3) is 6.01 Å². The number of halogens is 2. The minimum Gasteiger partial charge on any atom is -0.423 e. The van der Waals surface area contributed by atoms with E-state index in [1.807, 2.05) is 0 Å². The maximum Gasteiger partial charge on any atom is 0.298 e. The number of anilines is 1. The van der Waals surface area contributed by atoms with Gasteiger partial charge in [0.2, 0.25) is 0 Å². The Morgan fingerprint density at radius 1 is 1.42 bits per heavy atom. The number of hydrogen-bond acceptors (Lipinski definition) is 5. The maximum atomic E-state index is 14.7. The van der Waals surface area contributed by atoms with Crippen LogP contribution >= 0.6 is 11.6 Å². The Kier molecular flexibility index (Phi) is 3.86. The van der Waals surface area contributed by atoms with Gasteiger partial charge in [0.15, 0.2) is 11.4 Å². The van der Waals surface area contributed by atoms with Gasteiger partial charge in [-0.05, 0) is 25.1 Å². The minimum atomic E-state index is -0.543. The fourth-order valence-corrected chi connectivity index (χ4v) is 3.18. The van der Waals surface area contributed by atoms with Crippen LogP contribution in [0.2, 0.25) is 5.02 Å². The molecule has 0 spiro atoms. The van der Waals surface area contributed by atoms with Crippen LogP contribution in [0, 0.1) is 5.82 Å². The molecule has 0 amide bonds. The molecule has 1 N–H and O–H groups in total. The number of hydrogen-bond donors (Lipinski definition) is 1. The third-order valence-corrected chi connectivity index (χ3v) is 4.50. The zero-order chi connectivity index (χ0) is 16.7. The smallest absolute Gasteiger partial charge is 0.298 e. The van der Waals surface area contributed by atoms with E-state index in [2.05, 4.69) is 27.1 Å². The number of fused-ring (bicyclic) bond motifs is 1. The lowest BCUT2D eigenvalue weighted by atomic mass is 10.1. The Balaban J connectivity index is 1.90. The quantitative estimate of drug-likeness (QED) is 0.770. The molecule has 1 fully saturated rings. The van der Waals surface area contributed by atoms with Crippen molar-refractivity contribution in [1.82, 2.24) is 15.3 Å². The molecule has 1 atom stereocenters. The van der Waals surface area contributed by atoms with Crippen molar-refractivity contribution < 1.29 is 8.81 Å². The molecule has 124 valence electrons. The van der Waals surface area contributed by atoms with Crippen LogP contribution in [0.4, 0.5) is 10.4 Å². The van der Waals surface area contributed by atoms with Crippen molar-refractivity contribution in [2.24, 2.45) is 0 Å². The van der Waals surface area contributed by atoms with Crippen LogP contribution in [-0.2, 0) is 0 Å². The summed E-state index contributed by atoms with van der Waals surface area (Å²) in [7, 11) is 0. The Labute approximate surface area is 143 Å². The lowest BCUT2D eigenvalue weighted by Crippen LogP contribution is -2.50. The van der Waals surface area contributed by atoms with E-state index in [9.17, 15) is 4.39 Å². The highest BCUT2D eigenvalue weighted by atomic mass is 35.5. The highest BCUT2D eigenvalue weighted by Crippen LogP contribution is 2.37. The fraction of sp³-hybridized carbons (Fsp3) is 0.294. The van der Waals surface area contributed by atoms with E-state index in [0.29, 0.717) is 22.8 Å². The second-order valence-electron chi connectivity index (χ2n) is 5.85. The van der Waals surface area contributed by atoms with Crippen molar-refractivity contribution >= 4 is 28.7 Å². The van der Waals surface area contributed by atoms with Crippen molar-refractivity contribution in [2.45, 2.75) is 13.0 Å². The van der Waals surface area contributed by atoms with Gasteiger partial charge in [-0.1, -0.05) is 17.7 Å². The normalized spacial score (nSPS) is 18.3. The van der Waals surface area contributed by atoms with Crippen molar-refractivity contribution in [3.8, 4) is 11.3 Å². The number of nitrogens with zero attached hydrogens (tertiary/aromatic N) is 3. The third-order valence-electron chi connectivity index (χ3n) is 4.23. The van der Waals surface area contributed by atoms with Crippen molar-refractivity contribution in [3.05, 3.63) is 41.3 Å². The van der Waals surface area contributed by atoms with Crippen LogP contribution in [0.1, 0.15) is 6.92 Å². The molecule has 4 rings (SSSR count). The van der Waals surface area contributed by atoms with Crippen LogP contribution in [-0.4, -0.2) is 35.6 Å². The van der Waals surface area contributed by atoms with Gasteiger partial charge in [0.1, 0.15) is 5.52 Å². The van der Waals surface area contributed by atoms with Gasteiger partial charge in [0.05, 0.1) is 16.3 Å². The molecule has 3 heterocycles. The summed E-state index contributed by atoms with van der Waals surface area (Å²) in [6, 6.07) is 7.52. The van der Waals surface area contributed by atoms with Gasteiger partial charge in [-0.3, -0.25) is 4.98 Å². The lowest BCUT2D eigenvalue weighted by Gasteiger charge is -2.32. The van der Waals surface area contributed by atoms with E-state index >= 15 is 0 Å². The number of piperazine rings is 1. The van der Waals surface area contributed by atoms with Crippen LogP contribution in [0.3, 0.4) is 0 Å². The molecule has 1 aliphatic heterocycles. The molecule has 0 bridgehead atoms. The first kappa shape index (κ1) is 15.4. The fourth-order valence-electron chi connectivity index (χ4n) is 2.99. The SMILES string of the molecule is CC1CNCCN1c1nc2cc(Cl)c(F)c(-c3ccccn3)c2o1. The number of oxazole rings is 1. The number of aromatic nitrogens is 2. The van der Waals surface area contributed by atoms with Crippen LogP contribution in [0.15, 0.2) is 34.9 Å². The van der Waals surface area contributed by atoms with Crippen LogP contribution in [0.25, 0.3) is 22.4 Å². The first-order valence-corrected chi connectivity index (χ1v) is 8.20. The third kappa shape index (κ3) is 2.52. The summed E-state index contributed by atoms with van der Waals surface area (Å²) < 4.78 is 20.6. The van der Waals surface area contributed by atoms with Gasteiger partial charge in [-0.25, -0.2) is 4.39 Å². The largest absolute Gasteiger partial charge is 0.423 e. The van der Waals surface area contributed by atoms with E-state index in [1.54, 1.807) is 24.4 Å². The van der Waals surface area contributed by atoms with E-state index in [1.165, 1.54) is 6.07 Å². The van der Waals surface area contributed by atoms with E-state index in [-0.39, 0.29) is 16.6 Å². The zero-order valence-electron chi connectivity index (χ0n) is 13.1. The first-order chi connectivity index (χ1) is 11.6. The molecule has 7 heteroatoms. The van der Waals surface area contributed by atoms with Gasteiger partial charge in [0, 0.05) is 31.9 Å². The molecule has 0 aliphatic carbocycles. The number of pyridine rings is 1. The molecule has 0 saturated carbocycles. The summed E-state index contributed by atoms with van der Waals surface area (Å²) in [4.78, 5) is 10.8. The monoisotopic (exact) mass is 346 g/mol. The Hall–Kier alpha value is -2.18. The molecule has 1 aliphatic rings. The van der Waals surface area contributed by atoms with Crippen LogP contribution < -0.4 is 10.2 Å². The molecule has 3 aromatic rings. The van der Waals surface area contributed by atoms with Crippen LogP contribution in [0.5, 0.6) is 0 Å². The summed E-state index contributed by atoms with van der Waals surface area (Å²) >= 11 is 6.06. The van der Waals surface area contributed by atoms with Crippen molar-refractivity contribution in [3.63, 3.8) is 0 Å². The van der Waals surface area contributed by atoms with Gasteiger partial charge in [-0.2, -0.15) is 4.98 Å². The molecule has 1 unspecified atom stereocenters. The maximum absolute atomic E-state index is 14.7. The Morgan fingerprint density at radius 2 is 2.29 bits per heavy atom. The topological polar surface area (TPSA) is 54.2 Å². The predicted molar refractivity (Wildman–Crippen MR) is 91.9 cm³/mol. The van der Waals surface area contributed by atoms with Crippen molar-refractivity contribution in [1.29, 1.82) is 0 Å². The first-order valence-electron chi connectivity index (χ1n) is 7.82. The van der Waals surface area contributed by atoms with E-state index in [0.717, 1.165) is 19.6 Å². The molecule has 2 aromatic heterocycles. The molecule has 24 heavy (non-hydrogen) atoms. The molecule has 1 saturated heterocycles. The summed E-state index contributed by atoms with van der Waals surface area (Å²) in [6.07, 6.45) is 1.61. The Bertz CT molecular complexity index is 883. The van der Waals surface area contributed by atoms with Gasteiger partial charge in [-0.15, -0.1) is 0 Å². The molecule has 0 radical (unpaired) electrons. The molecule has 5 nitrogen and oxygen atoms in total. The molecule has 1 aromatic carbocycles. The van der Waals surface area contributed by atoms with Gasteiger partial charge >= 0.3 is 0 Å². The zero-order valence-corrected chi connectivity index (χ0v) is 13.8. The Morgan fingerprint density at radius 3 is 3.04 bits per heavy atom. The summed E-state index contributed by atoms with van der Waals surface area (Å²) in [6.45, 7) is 4.57. The summed E-state index contributed by atoms with van der Waals surface area (Å²) in [5.74, 6) is -0.543. The number of nitrogens with one attached hydrogen (secondary N) is 1. The summed E-state index contributed by atoms with van der Waals surface area (Å²) in [5, 5.41) is 3.33. The second-order valence-corrected chi connectivity index (χ2v) is 6.26. The average molecular weight is 347 g/mol. The molecular weight excluding hydrogens is 331 g/mol. The number of rotatable bonds is 2. The number of benzene rings is 1.